The Morgan fingerprint density at radius 3 is 2.47 bits per heavy atom. The van der Waals surface area contributed by atoms with Crippen molar-refractivity contribution in [2.24, 2.45) is 0 Å². The SMILES string of the molecule is C=C(/C=C/C1=C(Cl)C(=C/C=C2/Nc3ccccc3C2(C)C)/CCC1)C(C)(C)c1ccccc1C. The summed E-state index contributed by atoms with van der Waals surface area (Å²) in [6.45, 7) is 15.6. The number of halogens is 1. The van der Waals surface area contributed by atoms with Gasteiger partial charge in [0.1, 0.15) is 0 Å². The van der Waals surface area contributed by atoms with Crippen LogP contribution >= 0.6 is 11.6 Å². The summed E-state index contributed by atoms with van der Waals surface area (Å²) < 4.78 is 0. The maximum absolute atomic E-state index is 6.92. The minimum absolute atomic E-state index is 0.0415. The van der Waals surface area contributed by atoms with Crippen LogP contribution in [0.1, 0.15) is 63.6 Å². The molecular formula is C32H36ClN. The zero-order valence-corrected chi connectivity index (χ0v) is 21.9. The molecule has 0 radical (unpaired) electrons. The first kappa shape index (κ1) is 24.4. The van der Waals surface area contributed by atoms with E-state index in [9.17, 15) is 0 Å². The Morgan fingerprint density at radius 2 is 1.74 bits per heavy atom. The third-order valence-corrected chi connectivity index (χ3v) is 8.04. The number of para-hydroxylation sites is 1. The van der Waals surface area contributed by atoms with Crippen molar-refractivity contribution in [2.75, 3.05) is 5.32 Å². The molecule has 176 valence electrons. The van der Waals surface area contributed by atoms with Crippen LogP contribution in [0.5, 0.6) is 0 Å². The van der Waals surface area contributed by atoms with Crippen molar-refractivity contribution in [1.82, 2.24) is 0 Å². The lowest BCUT2D eigenvalue weighted by molar-refractivity contribution is 0.636. The lowest BCUT2D eigenvalue weighted by Gasteiger charge is -2.28. The van der Waals surface area contributed by atoms with Crippen LogP contribution in [0, 0.1) is 6.92 Å². The van der Waals surface area contributed by atoms with Crippen LogP contribution in [0.4, 0.5) is 5.69 Å². The molecule has 1 nitrogen and oxygen atoms in total. The molecule has 0 saturated carbocycles. The molecule has 0 fully saturated rings. The monoisotopic (exact) mass is 469 g/mol. The first-order valence-electron chi connectivity index (χ1n) is 12.2. The van der Waals surface area contributed by atoms with E-state index >= 15 is 0 Å². The lowest BCUT2D eigenvalue weighted by atomic mass is 9.76. The lowest BCUT2D eigenvalue weighted by Crippen LogP contribution is -2.20. The number of hydrogen-bond donors (Lipinski definition) is 1. The van der Waals surface area contributed by atoms with Crippen molar-refractivity contribution in [2.45, 2.75) is 64.7 Å². The van der Waals surface area contributed by atoms with Crippen LogP contribution in [0.2, 0.25) is 0 Å². The van der Waals surface area contributed by atoms with Gasteiger partial charge >= 0.3 is 0 Å². The van der Waals surface area contributed by atoms with Gasteiger partial charge in [0.15, 0.2) is 0 Å². The van der Waals surface area contributed by atoms with E-state index in [1.807, 2.05) is 0 Å². The molecule has 1 aliphatic heterocycles. The van der Waals surface area contributed by atoms with E-state index in [-0.39, 0.29) is 10.8 Å². The van der Waals surface area contributed by atoms with E-state index in [2.05, 4.69) is 119 Å². The molecule has 0 atom stereocenters. The number of fused-ring (bicyclic) bond motifs is 1. The van der Waals surface area contributed by atoms with Crippen molar-refractivity contribution in [1.29, 1.82) is 0 Å². The van der Waals surface area contributed by atoms with Crippen molar-refractivity contribution < 1.29 is 0 Å². The third-order valence-electron chi connectivity index (χ3n) is 7.56. The number of rotatable bonds is 5. The Bertz CT molecular complexity index is 1230. The molecule has 0 amide bonds. The largest absolute Gasteiger partial charge is 0.358 e. The Labute approximate surface area is 210 Å². The molecule has 1 aliphatic carbocycles. The van der Waals surface area contributed by atoms with Gasteiger partial charge in [-0.05, 0) is 71.7 Å². The predicted molar refractivity (Wildman–Crippen MR) is 148 cm³/mol. The van der Waals surface area contributed by atoms with Crippen LogP contribution in [0.3, 0.4) is 0 Å². The molecule has 0 saturated heterocycles. The number of allylic oxidation sites excluding steroid dienone is 9. The first-order chi connectivity index (χ1) is 16.1. The molecule has 0 bridgehead atoms. The molecule has 2 aliphatic rings. The number of benzene rings is 2. The molecule has 1 heterocycles. The summed E-state index contributed by atoms with van der Waals surface area (Å²) in [6.07, 6.45) is 11.9. The second-order valence-corrected chi connectivity index (χ2v) is 10.9. The summed E-state index contributed by atoms with van der Waals surface area (Å²) in [5.41, 5.74) is 9.66. The highest BCUT2D eigenvalue weighted by molar-refractivity contribution is 6.32. The van der Waals surface area contributed by atoms with E-state index < -0.39 is 0 Å². The highest BCUT2D eigenvalue weighted by Crippen LogP contribution is 2.43. The van der Waals surface area contributed by atoms with Crippen LogP contribution in [0.15, 0.2) is 107 Å². The Hall–Kier alpha value is -2.77. The van der Waals surface area contributed by atoms with Gasteiger partial charge in [-0.2, -0.15) is 0 Å². The fraction of sp³-hybridized carbons (Fsp3) is 0.312. The smallest absolute Gasteiger partial charge is 0.0469 e. The summed E-state index contributed by atoms with van der Waals surface area (Å²) in [7, 11) is 0. The minimum atomic E-state index is -0.138. The van der Waals surface area contributed by atoms with Crippen LogP contribution < -0.4 is 5.32 Å². The molecule has 2 aromatic carbocycles. The van der Waals surface area contributed by atoms with Gasteiger partial charge in [0, 0.05) is 27.2 Å². The maximum atomic E-state index is 6.92. The predicted octanol–water partition coefficient (Wildman–Crippen LogP) is 9.28. The first-order valence-corrected chi connectivity index (χ1v) is 12.6. The van der Waals surface area contributed by atoms with E-state index in [0.29, 0.717) is 0 Å². The fourth-order valence-corrected chi connectivity index (χ4v) is 5.40. The molecule has 0 spiro atoms. The van der Waals surface area contributed by atoms with Crippen molar-refractivity contribution in [3.63, 3.8) is 0 Å². The highest BCUT2D eigenvalue weighted by atomic mass is 35.5. The molecule has 0 unspecified atom stereocenters. The normalized spacial score (nSPS) is 20.2. The summed E-state index contributed by atoms with van der Waals surface area (Å²) >= 11 is 6.92. The second kappa shape index (κ2) is 9.47. The maximum Gasteiger partial charge on any atom is 0.0469 e. The summed E-state index contributed by atoms with van der Waals surface area (Å²) in [5.74, 6) is 0. The quantitative estimate of drug-likeness (QED) is 0.430. The minimum Gasteiger partial charge on any atom is -0.358 e. The van der Waals surface area contributed by atoms with Gasteiger partial charge in [-0.25, -0.2) is 0 Å². The van der Waals surface area contributed by atoms with E-state index in [1.54, 1.807) is 0 Å². The van der Waals surface area contributed by atoms with Crippen LogP contribution in [-0.4, -0.2) is 0 Å². The molecular weight excluding hydrogens is 434 g/mol. The van der Waals surface area contributed by atoms with Gasteiger partial charge in [0.05, 0.1) is 0 Å². The highest BCUT2D eigenvalue weighted by Gasteiger charge is 2.34. The molecule has 1 N–H and O–H groups in total. The van der Waals surface area contributed by atoms with E-state index in [1.165, 1.54) is 39.2 Å². The second-order valence-electron chi connectivity index (χ2n) is 10.6. The summed E-state index contributed by atoms with van der Waals surface area (Å²) in [6, 6.07) is 17.1. The third kappa shape index (κ3) is 4.59. The van der Waals surface area contributed by atoms with Gasteiger partial charge in [0.25, 0.3) is 0 Å². The number of nitrogens with one attached hydrogen (secondary N) is 1. The van der Waals surface area contributed by atoms with Gasteiger partial charge in [0.2, 0.25) is 0 Å². The van der Waals surface area contributed by atoms with Gasteiger partial charge in [-0.15, -0.1) is 0 Å². The number of anilines is 1. The summed E-state index contributed by atoms with van der Waals surface area (Å²) in [4.78, 5) is 0. The molecule has 0 aromatic heterocycles. The zero-order chi connectivity index (χ0) is 24.5. The Kier molecular flexibility index (Phi) is 6.78. The average Bonchev–Trinajstić information content (AvgIpc) is 3.07. The molecule has 2 aromatic rings. The topological polar surface area (TPSA) is 12.0 Å². The van der Waals surface area contributed by atoms with E-state index in [4.69, 9.17) is 11.6 Å². The van der Waals surface area contributed by atoms with E-state index in [0.717, 1.165) is 29.9 Å². The molecule has 34 heavy (non-hydrogen) atoms. The van der Waals surface area contributed by atoms with Crippen LogP contribution in [0.25, 0.3) is 0 Å². The average molecular weight is 470 g/mol. The van der Waals surface area contributed by atoms with Gasteiger partial charge in [-0.1, -0.05) is 107 Å². The fourth-order valence-electron chi connectivity index (χ4n) is 5.08. The van der Waals surface area contributed by atoms with Gasteiger partial charge in [-0.3, -0.25) is 0 Å². The number of hydrogen-bond acceptors (Lipinski definition) is 1. The van der Waals surface area contributed by atoms with Gasteiger partial charge < -0.3 is 5.32 Å². The number of aryl methyl sites for hydroxylation is 1. The zero-order valence-electron chi connectivity index (χ0n) is 21.1. The summed E-state index contributed by atoms with van der Waals surface area (Å²) in [5, 5.41) is 4.48. The van der Waals surface area contributed by atoms with Crippen LogP contribution in [-0.2, 0) is 10.8 Å². The molecule has 2 heteroatoms. The Balaban J connectivity index is 1.56. The van der Waals surface area contributed by atoms with Crippen molar-refractivity contribution in [3.05, 3.63) is 124 Å². The van der Waals surface area contributed by atoms with Crippen molar-refractivity contribution >= 4 is 17.3 Å². The standard InChI is InChI=1S/C32H36ClN/c1-22-12-7-8-15-26(22)31(3,4)23(2)18-19-24-13-11-14-25(30(24)33)20-21-29-32(5,6)27-16-9-10-17-28(27)34-29/h7-10,12,15-21,34H,2,11,13-14H2,1,3-6H3/b19-18+,25-20+,29-21+. The van der Waals surface area contributed by atoms with Crippen molar-refractivity contribution in [3.8, 4) is 0 Å². The Morgan fingerprint density at radius 1 is 1.03 bits per heavy atom. The molecule has 4 rings (SSSR count).